The molecule has 3 nitrogen and oxygen atoms in total. The topological polar surface area (TPSA) is 24.8 Å². The highest BCUT2D eigenvalue weighted by atomic mass is 16.5. The maximum Gasteiger partial charge on any atom is 0.184 e. The van der Waals surface area contributed by atoms with Gasteiger partial charge in [0, 0.05) is 13.0 Å². The number of hydrogen-bond donors (Lipinski definition) is 0. The van der Waals surface area contributed by atoms with Gasteiger partial charge < -0.3 is 9.64 Å². The maximum absolute atomic E-state index is 5.60. The molecule has 14 heavy (non-hydrogen) atoms. The summed E-state index contributed by atoms with van der Waals surface area (Å²) in [6.07, 6.45) is 2.33. The zero-order chi connectivity index (χ0) is 10.2. The van der Waals surface area contributed by atoms with Gasteiger partial charge in [-0.25, -0.2) is 4.99 Å². The first kappa shape index (κ1) is 9.97. The fourth-order valence-electron chi connectivity index (χ4n) is 2.21. The number of aliphatic imine (C=N–C) groups is 1. The van der Waals surface area contributed by atoms with Crippen LogP contribution in [0.15, 0.2) is 4.99 Å². The Bertz CT molecular complexity index is 248. The lowest BCUT2D eigenvalue weighted by atomic mass is 10.1. The van der Waals surface area contributed by atoms with Crippen molar-refractivity contribution in [2.24, 2.45) is 10.9 Å². The molecule has 0 amide bonds. The van der Waals surface area contributed by atoms with Crippen molar-refractivity contribution in [2.45, 2.75) is 32.2 Å². The van der Waals surface area contributed by atoms with Crippen molar-refractivity contribution in [1.29, 1.82) is 0 Å². The molecule has 0 aromatic rings. The fourth-order valence-corrected chi connectivity index (χ4v) is 2.21. The van der Waals surface area contributed by atoms with Crippen molar-refractivity contribution in [2.75, 3.05) is 26.7 Å². The van der Waals surface area contributed by atoms with Crippen molar-refractivity contribution >= 4 is 5.90 Å². The van der Waals surface area contributed by atoms with E-state index in [4.69, 9.17) is 4.74 Å². The van der Waals surface area contributed by atoms with Crippen LogP contribution < -0.4 is 0 Å². The van der Waals surface area contributed by atoms with Gasteiger partial charge in [-0.3, -0.25) is 0 Å². The van der Waals surface area contributed by atoms with Gasteiger partial charge in [-0.2, -0.15) is 0 Å². The summed E-state index contributed by atoms with van der Waals surface area (Å²) in [6, 6.07) is 0. The Hall–Kier alpha value is -0.570. The number of nitrogens with zero attached hydrogens (tertiary/aromatic N) is 2. The van der Waals surface area contributed by atoms with Gasteiger partial charge in [-0.05, 0) is 39.8 Å². The van der Waals surface area contributed by atoms with Crippen LogP contribution in [0, 0.1) is 5.92 Å². The molecule has 2 aliphatic heterocycles. The highest BCUT2D eigenvalue weighted by Gasteiger charge is 2.29. The minimum atomic E-state index is 0.0137. The van der Waals surface area contributed by atoms with Gasteiger partial charge in [-0.15, -0.1) is 0 Å². The molecule has 0 aromatic carbocycles. The lowest BCUT2D eigenvalue weighted by Crippen LogP contribution is -2.17. The van der Waals surface area contributed by atoms with Gasteiger partial charge in [0.1, 0.15) is 6.61 Å². The lowest BCUT2D eigenvalue weighted by Gasteiger charge is -2.09. The lowest BCUT2D eigenvalue weighted by molar-refractivity contribution is 0.269. The zero-order valence-corrected chi connectivity index (χ0v) is 9.42. The van der Waals surface area contributed by atoms with E-state index in [1.165, 1.54) is 19.5 Å². The van der Waals surface area contributed by atoms with Gasteiger partial charge in [0.05, 0.1) is 5.54 Å². The van der Waals surface area contributed by atoms with Crippen LogP contribution in [-0.4, -0.2) is 43.1 Å². The highest BCUT2D eigenvalue weighted by molar-refractivity contribution is 5.78. The van der Waals surface area contributed by atoms with E-state index in [-0.39, 0.29) is 5.54 Å². The van der Waals surface area contributed by atoms with Gasteiger partial charge >= 0.3 is 0 Å². The average Bonchev–Trinajstić information content (AvgIpc) is 2.59. The van der Waals surface area contributed by atoms with Crippen LogP contribution in [0.1, 0.15) is 26.7 Å². The Morgan fingerprint density at radius 3 is 2.86 bits per heavy atom. The smallest absolute Gasteiger partial charge is 0.184 e. The number of hydrogen-bond acceptors (Lipinski definition) is 3. The Labute approximate surface area is 86.1 Å². The summed E-state index contributed by atoms with van der Waals surface area (Å²) in [5.74, 6) is 1.74. The molecule has 3 heteroatoms. The largest absolute Gasteiger partial charge is 0.478 e. The van der Waals surface area contributed by atoms with Crippen molar-refractivity contribution in [3.63, 3.8) is 0 Å². The molecule has 0 N–H and O–H groups in total. The molecular formula is C11H20N2O. The molecule has 2 rings (SSSR count). The third-order valence-electron chi connectivity index (χ3n) is 2.97. The van der Waals surface area contributed by atoms with Crippen LogP contribution in [-0.2, 0) is 4.74 Å². The van der Waals surface area contributed by atoms with Gasteiger partial charge in [0.15, 0.2) is 5.90 Å². The molecule has 2 aliphatic rings. The molecule has 2 heterocycles. The molecule has 1 saturated heterocycles. The summed E-state index contributed by atoms with van der Waals surface area (Å²) in [6.45, 7) is 7.43. The van der Waals surface area contributed by atoms with Crippen molar-refractivity contribution in [3.05, 3.63) is 0 Å². The summed E-state index contributed by atoms with van der Waals surface area (Å²) in [4.78, 5) is 6.97. The molecular weight excluding hydrogens is 176 g/mol. The first-order valence-corrected chi connectivity index (χ1v) is 5.45. The van der Waals surface area contributed by atoms with E-state index < -0.39 is 0 Å². The number of ether oxygens (including phenoxy) is 1. The predicted molar refractivity (Wildman–Crippen MR) is 57.7 cm³/mol. The van der Waals surface area contributed by atoms with E-state index in [1.54, 1.807) is 0 Å². The fraction of sp³-hybridized carbons (Fsp3) is 0.909. The van der Waals surface area contributed by atoms with E-state index in [0.717, 1.165) is 24.8 Å². The monoisotopic (exact) mass is 196 g/mol. The highest BCUT2D eigenvalue weighted by Crippen LogP contribution is 2.24. The SMILES string of the molecule is CN1CCC(CC2=NC(C)(C)CO2)C1. The van der Waals surface area contributed by atoms with E-state index in [1.807, 2.05) is 0 Å². The average molecular weight is 196 g/mol. The molecule has 0 aliphatic carbocycles. The number of likely N-dealkylation sites (tertiary alicyclic amines) is 1. The van der Waals surface area contributed by atoms with Crippen LogP contribution in [0.3, 0.4) is 0 Å². The third-order valence-corrected chi connectivity index (χ3v) is 2.97. The van der Waals surface area contributed by atoms with E-state index in [2.05, 4.69) is 30.8 Å². The Morgan fingerprint density at radius 1 is 1.57 bits per heavy atom. The second kappa shape index (κ2) is 3.54. The summed E-state index contributed by atoms with van der Waals surface area (Å²) in [5.41, 5.74) is 0.0137. The van der Waals surface area contributed by atoms with Crippen LogP contribution in [0.2, 0.25) is 0 Å². The Kier molecular flexibility index (Phi) is 2.52. The molecule has 1 unspecified atom stereocenters. The molecule has 0 saturated carbocycles. The molecule has 0 radical (unpaired) electrons. The predicted octanol–water partition coefficient (Wildman–Crippen LogP) is 1.54. The number of rotatable bonds is 2. The van der Waals surface area contributed by atoms with Gasteiger partial charge in [0.2, 0.25) is 0 Å². The van der Waals surface area contributed by atoms with Crippen LogP contribution in [0.25, 0.3) is 0 Å². The van der Waals surface area contributed by atoms with Crippen LogP contribution in [0.4, 0.5) is 0 Å². The summed E-state index contributed by atoms with van der Waals surface area (Å²) < 4.78 is 5.60. The molecule has 1 fully saturated rings. The third kappa shape index (κ3) is 2.27. The molecule has 0 aromatic heterocycles. The Balaban J connectivity index is 1.87. The van der Waals surface area contributed by atoms with E-state index in [0.29, 0.717) is 0 Å². The summed E-state index contributed by atoms with van der Waals surface area (Å²) in [7, 11) is 2.18. The molecule has 0 bridgehead atoms. The summed E-state index contributed by atoms with van der Waals surface area (Å²) in [5, 5.41) is 0. The first-order chi connectivity index (χ1) is 6.55. The zero-order valence-electron chi connectivity index (χ0n) is 9.42. The van der Waals surface area contributed by atoms with Gasteiger partial charge in [-0.1, -0.05) is 0 Å². The second-order valence-electron chi connectivity index (χ2n) is 5.23. The summed E-state index contributed by atoms with van der Waals surface area (Å²) >= 11 is 0. The Morgan fingerprint density at radius 2 is 2.36 bits per heavy atom. The van der Waals surface area contributed by atoms with Gasteiger partial charge in [0.25, 0.3) is 0 Å². The first-order valence-electron chi connectivity index (χ1n) is 5.45. The van der Waals surface area contributed by atoms with E-state index in [9.17, 15) is 0 Å². The molecule has 80 valence electrons. The normalized spacial score (nSPS) is 31.6. The minimum absolute atomic E-state index is 0.0137. The van der Waals surface area contributed by atoms with Crippen LogP contribution in [0.5, 0.6) is 0 Å². The molecule has 0 spiro atoms. The van der Waals surface area contributed by atoms with Crippen molar-refractivity contribution in [1.82, 2.24) is 4.90 Å². The standard InChI is InChI=1S/C11H20N2O/c1-11(2)8-14-10(12-11)6-9-4-5-13(3)7-9/h9H,4-8H2,1-3H3. The maximum atomic E-state index is 5.60. The van der Waals surface area contributed by atoms with Crippen molar-refractivity contribution in [3.8, 4) is 0 Å². The van der Waals surface area contributed by atoms with Crippen LogP contribution >= 0.6 is 0 Å². The van der Waals surface area contributed by atoms with E-state index >= 15 is 0 Å². The van der Waals surface area contributed by atoms with Crippen molar-refractivity contribution < 1.29 is 4.74 Å². The second-order valence-corrected chi connectivity index (χ2v) is 5.23. The quantitative estimate of drug-likeness (QED) is 0.669. The molecule has 1 atom stereocenters. The minimum Gasteiger partial charge on any atom is -0.478 e.